The number of nitrogens with zero attached hydrogens (tertiary/aromatic N) is 4. The first-order chi connectivity index (χ1) is 10.3. The number of methoxy groups -OCH3 is 1. The molecule has 21 heavy (non-hydrogen) atoms. The summed E-state index contributed by atoms with van der Waals surface area (Å²) in [7, 11) is 1.65. The maximum absolute atomic E-state index is 5.89. The zero-order chi connectivity index (χ0) is 14.7. The van der Waals surface area contributed by atoms with Gasteiger partial charge in [0.25, 0.3) is 0 Å². The molecule has 0 saturated carbocycles. The summed E-state index contributed by atoms with van der Waals surface area (Å²) in [6, 6.07) is 9.70. The van der Waals surface area contributed by atoms with Crippen molar-refractivity contribution in [1.82, 2.24) is 19.7 Å². The second-order valence-electron chi connectivity index (χ2n) is 4.62. The van der Waals surface area contributed by atoms with Crippen LogP contribution in [-0.2, 0) is 13.0 Å². The van der Waals surface area contributed by atoms with E-state index in [0.717, 1.165) is 28.3 Å². The van der Waals surface area contributed by atoms with Crippen molar-refractivity contribution in [3.05, 3.63) is 48.0 Å². The molecule has 0 atom stereocenters. The van der Waals surface area contributed by atoms with Gasteiger partial charge in [-0.2, -0.15) is 10.2 Å². The number of halogens is 1. The van der Waals surface area contributed by atoms with Crippen LogP contribution in [0.25, 0.3) is 11.0 Å². The van der Waals surface area contributed by atoms with Gasteiger partial charge in [0.2, 0.25) is 0 Å². The molecule has 2 heterocycles. The van der Waals surface area contributed by atoms with Gasteiger partial charge in [-0.3, -0.25) is 0 Å². The first-order valence-electron chi connectivity index (χ1n) is 6.67. The van der Waals surface area contributed by atoms with E-state index in [0.29, 0.717) is 18.8 Å². The Labute approximate surface area is 127 Å². The van der Waals surface area contributed by atoms with Gasteiger partial charge in [-0.1, -0.05) is 0 Å². The summed E-state index contributed by atoms with van der Waals surface area (Å²) >= 11 is 5.89. The van der Waals surface area contributed by atoms with E-state index in [1.807, 2.05) is 30.3 Å². The van der Waals surface area contributed by atoms with Gasteiger partial charge in [-0.05, 0) is 24.3 Å². The van der Waals surface area contributed by atoms with E-state index >= 15 is 0 Å². The highest BCUT2D eigenvalue weighted by atomic mass is 35.5. The van der Waals surface area contributed by atoms with Gasteiger partial charge in [-0.15, -0.1) is 11.6 Å². The Bertz CT molecular complexity index is 742. The molecule has 108 valence electrons. The van der Waals surface area contributed by atoms with Crippen molar-refractivity contribution in [2.24, 2.45) is 0 Å². The Morgan fingerprint density at radius 2 is 2.19 bits per heavy atom. The molecule has 6 heteroatoms. The molecule has 0 aliphatic rings. The Morgan fingerprint density at radius 3 is 2.90 bits per heavy atom. The van der Waals surface area contributed by atoms with Crippen LogP contribution in [0.4, 0.5) is 0 Å². The highest BCUT2D eigenvalue weighted by Gasteiger charge is 2.12. The van der Waals surface area contributed by atoms with Crippen LogP contribution in [0.15, 0.2) is 36.5 Å². The van der Waals surface area contributed by atoms with Crippen LogP contribution in [0.2, 0.25) is 0 Å². The molecule has 0 aliphatic carbocycles. The first kappa shape index (κ1) is 13.8. The van der Waals surface area contributed by atoms with Crippen LogP contribution in [-0.4, -0.2) is 32.7 Å². The number of fused-ring (bicyclic) bond motifs is 1. The monoisotopic (exact) mass is 302 g/mol. The summed E-state index contributed by atoms with van der Waals surface area (Å²) in [6.07, 6.45) is 2.37. The Balaban J connectivity index is 2.07. The zero-order valence-electron chi connectivity index (χ0n) is 11.7. The predicted octanol–water partition coefficient (Wildman–Crippen LogP) is 2.66. The van der Waals surface area contributed by atoms with Gasteiger partial charge < -0.3 is 9.30 Å². The number of ether oxygens (including phenoxy) is 1. The quantitative estimate of drug-likeness (QED) is 0.680. The zero-order valence-corrected chi connectivity index (χ0v) is 12.4. The van der Waals surface area contributed by atoms with E-state index in [4.69, 9.17) is 16.3 Å². The van der Waals surface area contributed by atoms with Gasteiger partial charge in [0.15, 0.2) is 0 Å². The highest BCUT2D eigenvalue weighted by molar-refractivity contribution is 6.17. The fraction of sp³-hybridized carbons (Fsp3) is 0.267. The molecule has 0 amide bonds. The molecule has 0 bridgehead atoms. The van der Waals surface area contributed by atoms with Crippen LogP contribution in [0.5, 0.6) is 5.75 Å². The molecule has 0 fully saturated rings. The standard InChI is InChI=1S/C15H15ClN4O/c1-21-12-4-5-14-13(9-12)18-15(6-7-16)20(14)10-11-3-2-8-17-19-11/h2-5,8-9H,6-7,10H2,1H3. The summed E-state index contributed by atoms with van der Waals surface area (Å²) in [4.78, 5) is 4.66. The van der Waals surface area contributed by atoms with E-state index in [1.54, 1.807) is 13.3 Å². The lowest BCUT2D eigenvalue weighted by Crippen LogP contribution is -2.07. The molecule has 0 N–H and O–H groups in total. The first-order valence-corrected chi connectivity index (χ1v) is 7.21. The smallest absolute Gasteiger partial charge is 0.121 e. The number of aryl methyl sites for hydroxylation is 1. The van der Waals surface area contributed by atoms with E-state index in [-0.39, 0.29) is 0 Å². The van der Waals surface area contributed by atoms with E-state index in [1.165, 1.54) is 0 Å². The Kier molecular flexibility index (Phi) is 4.01. The van der Waals surface area contributed by atoms with E-state index in [9.17, 15) is 0 Å². The molecule has 3 rings (SSSR count). The minimum atomic E-state index is 0.529. The van der Waals surface area contributed by atoms with E-state index in [2.05, 4.69) is 19.7 Å². The lowest BCUT2D eigenvalue weighted by atomic mass is 10.3. The average molecular weight is 303 g/mol. The summed E-state index contributed by atoms with van der Waals surface area (Å²) in [5.41, 5.74) is 2.84. The predicted molar refractivity (Wildman–Crippen MR) is 81.8 cm³/mol. The van der Waals surface area contributed by atoms with Crippen molar-refractivity contribution in [1.29, 1.82) is 0 Å². The molecule has 0 saturated heterocycles. The maximum atomic E-state index is 5.89. The van der Waals surface area contributed by atoms with Crippen molar-refractivity contribution in [2.75, 3.05) is 13.0 Å². The van der Waals surface area contributed by atoms with Crippen LogP contribution in [0.1, 0.15) is 11.5 Å². The number of benzene rings is 1. The van der Waals surface area contributed by atoms with Gasteiger partial charge >= 0.3 is 0 Å². The van der Waals surface area contributed by atoms with Gasteiger partial charge in [0.05, 0.1) is 30.4 Å². The van der Waals surface area contributed by atoms with Crippen LogP contribution < -0.4 is 4.74 Å². The number of aromatic nitrogens is 4. The molecule has 0 radical (unpaired) electrons. The van der Waals surface area contributed by atoms with Crippen LogP contribution >= 0.6 is 11.6 Å². The fourth-order valence-corrected chi connectivity index (χ4v) is 2.49. The highest BCUT2D eigenvalue weighted by Crippen LogP contribution is 2.23. The Morgan fingerprint density at radius 1 is 1.29 bits per heavy atom. The van der Waals surface area contributed by atoms with Crippen LogP contribution in [0, 0.1) is 0 Å². The van der Waals surface area contributed by atoms with Crippen LogP contribution in [0.3, 0.4) is 0 Å². The maximum Gasteiger partial charge on any atom is 0.121 e. The molecule has 0 unspecified atom stereocenters. The molecule has 3 aromatic rings. The second-order valence-corrected chi connectivity index (χ2v) is 5.00. The summed E-state index contributed by atoms with van der Waals surface area (Å²) in [6.45, 7) is 0.628. The minimum Gasteiger partial charge on any atom is -0.497 e. The number of hydrogen-bond acceptors (Lipinski definition) is 4. The molecule has 1 aromatic carbocycles. The minimum absolute atomic E-state index is 0.529. The molecule has 5 nitrogen and oxygen atoms in total. The summed E-state index contributed by atoms with van der Waals surface area (Å²) < 4.78 is 7.38. The molecule has 2 aromatic heterocycles. The van der Waals surface area contributed by atoms with Gasteiger partial charge in [0, 0.05) is 24.6 Å². The van der Waals surface area contributed by atoms with Crippen molar-refractivity contribution in [3.8, 4) is 5.75 Å². The van der Waals surface area contributed by atoms with Gasteiger partial charge in [0.1, 0.15) is 11.6 Å². The number of hydrogen-bond donors (Lipinski definition) is 0. The summed E-state index contributed by atoms with van der Waals surface area (Å²) in [5, 5.41) is 8.06. The Hall–Kier alpha value is -2.14. The second kappa shape index (κ2) is 6.10. The van der Waals surface area contributed by atoms with Crippen molar-refractivity contribution in [3.63, 3.8) is 0 Å². The topological polar surface area (TPSA) is 52.8 Å². The summed E-state index contributed by atoms with van der Waals surface area (Å²) in [5.74, 6) is 2.27. The van der Waals surface area contributed by atoms with Crippen molar-refractivity contribution >= 4 is 22.6 Å². The fourth-order valence-electron chi connectivity index (χ4n) is 2.32. The average Bonchev–Trinajstić information content (AvgIpc) is 2.85. The molecular weight excluding hydrogens is 288 g/mol. The molecule has 0 aliphatic heterocycles. The number of alkyl halides is 1. The number of rotatable bonds is 5. The van der Waals surface area contributed by atoms with Crippen molar-refractivity contribution < 1.29 is 4.74 Å². The third kappa shape index (κ3) is 2.83. The van der Waals surface area contributed by atoms with E-state index < -0.39 is 0 Å². The lowest BCUT2D eigenvalue weighted by molar-refractivity contribution is 0.415. The largest absolute Gasteiger partial charge is 0.497 e. The number of imidazole rings is 1. The van der Waals surface area contributed by atoms with Gasteiger partial charge in [-0.25, -0.2) is 4.98 Å². The normalized spacial score (nSPS) is 11.0. The lowest BCUT2D eigenvalue weighted by Gasteiger charge is -2.07. The SMILES string of the molecule is COc1ccc2c(c1)nc(CCCl)n2Cc1cccnn1. The molecular formula is C15H15ClN4O. The molecule has 0 spiro atoms. The third-order valence-corrected chi connectivity index (χ3v) is 3.49. The third-order valence-electron chi connectivity index (χ3n) is 3.30. The van der Waals surface area contributed by atoms with Crippen molar-refractivity contribution in [2.45, 2.75) is 13.0 Å².